The lowest BCUT2D eigenvalue weighted by atomic mass is 10.1. The third-order valence-corrected chi connectivity index (χ3v) is 2.78. The second-order valence-corrected chi connectivity index (χ2v) is 4.31. The van der Waals surface area contributed by atoms with E-state index in [4.69, 9.17) is 4.42 Å². The Labute approximate surface area is 117 Å². The molecule has 0 spiro atoms. The van der Waals surface area contributed by atoms with Crippen molar-refractivity contribution in [2.45, 2.75) is 20.3 Å². The molecule has 0 bridgehead atoms. The molecule has 20 heavy (non-hydrogen) atoms. The number of amides is 2. The van der Waals surface area contributed by atoms with Crippen LogP contribution < -0.4 is 10.6 Å². The molecule has 0 aliphatic carbocycles. The van der Waals surface area contributed by atoms with Crippen LogP contribution in [0, 0.1) is 0 Å². The van der Waals surface area contributed by atoms with E-state index in [1.54, 1.807) is 6.07 Å². The van der Waals surface area contributed by atoms with Gasteiger partial charge < -0.3 is 9.73 Å². The van der Waals surface area contributed by atoms with Crippen molar-refractivity contribution in [3.8, 4) is 0 Å². The van der Waals surface area contributed by atoms with Crippen LogP contribution in [0.5, 0.6) is 0 Å². The third kappa shape index (κ3) is 3.26. The lowest BCUT2D eigenvalue weighted by Crippen LogP contribution is -2.12. The van der Waals surface area contributed by atoms with Gasteiger partial charge in [0, 0.05) is 18.7 Å². The van der Waals surface area contributed by atoms with E-state index < -0.39 is 0 Å². The molecule has 2 amide bonds. The zero-order valence-electron chi connectivity index (χ0n) is 11.4. The van der Waals surface area contributed by atoms with Crippen LogP contribution in [0.1, 0.15) is 30.0 Å². The highest BCUT2D eigenvalue weighted by atomic mass is 16.4. The monoisotopic (exact) mass is 272 g/mol. The number of rotatable bonds is 4. The van der Waals surface area contributed by atoms with Gasteiger partial charge >= 0.3 is 0 Å². The molecule has 1 aromatic heterocycles. The molecule has 5 heteroatoms. The van der Waals surface area contributed by atoms with E-state index in [-0.39, 0.29) is 23.5 Å². The number of furan rings is 1. The summed E-state index contributed by atoms with van der Waals surface area (Å²) in [6.07, 6.45) is 0.825. The lowest BCUT2D eigenvalue weighted by Gasteiger charge is -2.08. The van der Waals surface area contributed by atoms with E-state index in [2.05, 4.69) is 10.6 Å². The first kappa shape index (κ1) is 13.9. The fraction of sp³-hybridized carbons (Fsp3) is 0.200. The maximum absolute atomic E-state index is 12.1. The minimum Gasteiger partial charge on any atom is -0.435 e. The summed E-state index contributed by atoms with van der Waals surface area (Å²) in [6.45, 7) is 3.40. The summed E-state index contributed by atoms with van der Waals surface area (Å²) in [5, 5.41) is 5.28. The van der Waals surface area contributed by atoms with Gasteiger partial charge in [0.1, 0.15) is 0 Å². The Morgan fingerprint density at radius 3 is 2.55 bits per heavy atom. The van der Waals surface area contributed by atoms with Gasteiger partial charge in [0.15, 0.2) is 11.6 Å². The summed E-state index contributed by atoms with van der Waals surface area (Å²) in [5.41, 5.74) is 1.81. The normalized spacial score (nSPS) is 10.1. The molecule has 2 aromatic rings. The quantitative estimate of drug-likeness (QED) is 0.898. The number of anilines is 2. The van der Waals surface area contributed by atoms with Crippen LogP contribution in [-0.4, -0.2) is 11.8 Å². The Morgan fingerprint density at radius 2 is 1.85 bits per heavy atom. The molecule has 0 fully saturated rings. The van der Waals surface area contributed by atoms with Crippen molar-refractivity contribution in [1.29, 1.82) is 0 Å². The highest BCUT2D eigenvalue weighted by Gasteiger charge is 2.13. The van der Waals surface area contributed by atoms with Crippen LogP contribution in [-0.2, 0) is 11.2 Å². The number of nitrogens with one attached hydrogen (secondary N) is 2. The van der Waals surface area contributed by atoms with Crippen LogP contribution in [0.25, 0.3) is 0 Å². The number of hydrogen-bond acceptors (Lipinski definition) is 3. The van der Waals surface area contributed by atoms with Crippen molar-refractivity contribution in [2.75, 3.05) is 10.6 Å². The van der Waals surface area contributed by atoms with Crippen molar-refractivity contribution in [2.24, 2.45) is 0 Å². The van der Waals surface area contributed by atoms with E-state index in [0.29, 0.717) is 0 Å². The maximum Gasteiger partial charge on any atom is 0.291 e. The van der Waals surface area contributed by atoms with Crippen LogP contribution in [0.2, 0.25) is 0 Å². The molecule has 2 rings (SSSR count). The van der Waals surface area contributed by atoms with Crippen LogP contribution in [0.15, 0.2) is 40.8 Å². The Bertz CT molecular complexity index is 632. The van der Waals surface area contributed by atoms with Gasteiger partial charge in [-0.15, -0.1) is 0 Å². The molecule has 0 unspecified atom stereocenters. The Kier molecular flexibility index (Phi) is 4.20. The molecule has 0 atom stereocenters. The molecule has 104 valence electrons. The van der Waals surface area contributed by atoms with Gasteiger partial charge in [0.05, 0.1) is 0 Å². The Morgan fingerprint density at radius 1 is 1.10 bits per heavy atom. The predicted molar refractivity (Wildman–Crippen MR) is 76.8 cm³/mol. The van der Waals surface area contributed by atoms with Crippen LogP contribution >= 0.6 is 0 Å². The van der Waals surface area contributed by atoms with Gasteiger partial charge in [-0.1, -0.05) is 25.1 Å². The van der Waals surface area contributed by atoms with E-state index >= 15 is 0 Å². The van der Waals surface area contributed by atoms with Crippen molar-refractivity contribution < 1.29 is 14.0 Å². The topological polar surface area (TPSA) is 71.3 Å². The Hall–Kier alpha value is -2.56. The van der Waals surface area contributed by atoms with Gasteiger partial charge in [-0.2, -0.15) is 0 Å². The van der Waals surface area contributed by atoms with E-state index in [0.717, 1.165) is 17.7 Å². The van der Waals surface area contributed by atoms with Gasteiger partial charge in [-0.05, 0) is 24.1 Å². The zero-order valence-corrected chi connectivity index (χ0v) is 11.4. The van der Waals surface area contributed by atoms with Gasteiger partial charge in [-0.3, -0.25) is 14.9 Å². The minimum absolute atomic E-state index is 0.152. The zero-order chi connectivity index (χ0) is 14.5. The summed E-state index contributed by atoms with van der Waals surface area (Å²) in [6, 6.07) is 10.7. The number of para-hydroxylation sites is 1. The lowest BCUT2D eigenvalue weighted by molar-refractivity contribution is -0.114. The largest absolute Gasteiger partial charge is 0.435 e. The second kappa shape index (κ2) is 6.06. The van der Waals surface area contributed by atoms with Gasteiger partial charge in [0.25, 0.3) is 5.91 Å². The molecule has 0 aliphatic rings. The summed E-state index contributed by atoms with van der Waals surface area (Å²) < 4.78 is 5.26. The second-order valence-electron chi connectivity index (χ2n) is 4.31. The fourth-order valence-electron chi connectivity index (χ4n) is 1.84. The minimum atomic E-state index is -0.345. The molecule has 0 radical (unpaired) electrons. The third-order valence-electron chi connectivity index (χ3n) is 2.78. The molecule has 0 aliphatic heterocycles. The van der Waals surface area contributed by atoms with E-state index in [1.165, 1.54) is 13.0 Å². The number of carbonyl (C=O) groups excluding carboxylic acids is 2. The molecule has 0 saturated carbocycles. The molecular formula is C15H16N2O3. The first-order valence-electron chi connectivity index (χ1n) is 6.37. The summed E-state index contributed by atoms with van der Waals surface area (Å²) in [5.74, 6) is -0.184. The molecule has 1 aromatic carbocycles. The molecular weight excluding hydrogens is 256 g/mol. The molecule has 1 heterocycles. The van der Waals surface area contributed by atoms with Crippen molar-refractivity contribution in [1.82, 2.24) is 0 Å². The number of carbonyl (C=O) groups is 2. The molecule has 2 N–H and O–H groups in total. The fourth-order valence-corrected chi connectivity index (χ4v) is 1.84. The van der Waals surface area contributed by atoms with Crippen molar-refractivity contribution >= 4 is 23.4 Å². The van der Waals surface area contributed by atoms with Gasteiger partial charge in [0.2, 0.25) is 5.91 Å². The number of benzene rings is 1. The maximum atomic E-state index is 12.1. The predicted octanol–water partition coefficient (Wildman–Crippen LogP) is 3.05. The highest BCUT2D eigenvalue weighted by molar-refractivity contribution is 6.03. The Balaban J connectivity index is 2.12. The van der Waals surface area contributed by atoms with E-state index in [1.807, 2.05) is 31.2 Å². The average Bonchev–Trinajstić information content (AvgIpc) is 2.87. The summed E-state index contributed by atoms with van der Waals surface area (Å²) >= 11 is 0. The molecule has 5 nitrogen and oxygen atoms in total. The SMILES string of the molecule is CCc1ccccc1NC(=O)c1ccc(NC(C)=O)o1. The van der Waals surface area contributed by atoms with Crippen molar-refractivity contribution in [3.05, 3.63) is 47.7 Å². The first-order chi connectivity index (χ1) is 9.60. The number of aryl methyl sites for hydroxylation is 1. The highest BCUT2D eigenvalue weighted by Crippen LogP contribution is 2.18. The summed E-state index contributed by atoms with van der Waals surface area (Å²) in [4.78, 5) is 23.0. The van der Waals surface area contributed by atoms with Gasteiger partial charge in [-0.25, -0.2) is 0 Å². The average molecular weight is 272 g/mol. The standard InChI is InChI=1S/C15H16N2O3/c1-3-11-6-4-5-7-12(11)17-15(19)13-8-9-14(20-13)16-10(2)18/h4-9H,3H2,1-2H3,(H,16,18)(H,17,19). The molecule has 0 saturated heterocycles. The van der Waals surface area contributed by atoms with Crippen LogP contribution in [0.3, 0.4) is 0 Å². The van der Waals surface area contributed by atoms with Crippen molar-refractivity contribution in [3.63, 3.8) is 0 Å². The first-order valence-corrected chi connectivity index (χ1v) is 6.37. The number of hydrogen-bond donors (Lipinski definition) is 2. The smallest absolute Gasteiger partial charge is 0.291 e. The summed E-state index contributed by atoms with van der Waals surface area (Å²) in [7, 11) is 0. The van der Waals surface area contributed by atoms with Crippen LogP contribution in [0.4, 0.5) is 11.6 Å². The van der Waals surface area contributed by atoms with E-state index in [9.17, 15) is 9.59 Å².